The summed E-state index contributed by atoms with van der Waals surface area (Å²) < 4.78 is 0. The van der Waals surface area contributed by atoms with Gasteiger partial charge in [0.25, 0.3) is 0 Å². The monoisotopic (exact) mass is 637 g/mol. The molecule has 1 aromatic carbocycles. The third kappa shape index (κ3) is 9.54. The van der Waals surface area contributed by atoms with Gasteiger partial charge in [0.2, 0.25) is 11.8 Å². The Morgan fingerprint density at radius 2 is 1.80 bits per heavy atom. The summed E-state index contributed by atoms with van der Waals surface area (Å²) in [6.07, 6.45) is 13.4. The fourth-order valence-electron chi connectivity index (χ4n) is 7.21. The third-order valence-electron chi connectivity index (χ3n) is 10.1. The summed E-state index contributed by atoms with van der Waals surface area (Å²) >= 11 is 6.15. The fraction of sp³-hybridized carbons (Fsp3) is 0.622. The molecule has 2 amide bonds. The maximum Gasteiger partial charge on any atom is 0.245 e. The number of hydrogen-bond donors (Lipinski definition) is 2. The molecule has 4 rings (SSSR count). The molecule has 3 aliphatic rings. The lowest BCUT2D eigenvalue weighted by molar-refractivity contribution is -0.139. The summed E-state index contributed by atoms with van der Waals surface area (Å²) in [5.41, 5.74) is 3.63. The van der Waals surface area contributed by atoms with Crippen LogP contribution in [0.25, 0.3) is 0 Å². The SMILES string of the molecule is CCC(CCN(C)C(C)C)(CC(C)C)N1CCN(C(=O)C(Cc2ccc(Cl)cc2)NC(=O)CC2NCC3=C2C=CC=CC3)CC1. The smallest absolute Gasteiger partial charge is 0.245 e. The first-order valence-corrected chi connectivity index (χ1v) is 17.5. The number of allylic oxidation sites excluding steroid dienone is 3. The third-order valence-corrected chi connectivity index (χ3v) is 10.4. The van der Waals surface area contributed by atoms with Gasteiger partial charge in [0.15, 0.2) is 0 Å². The minimum absolute atomic E-state index is 0.00120. The number of carbonyl (C=O) groups excluding carboxylic acids is 2. The van der Waals surface area contributed by atoms with Crippen molar-refractivity contribution in [2.45, 2.75) is 96.8 Å². The number of nitrogens with zero attached hydrogens (tertiary/aromatic N) is 3. The molecule has 2 heterocycles. The van der Waals surface area contributed by atoms with E-state index in [-0.39, 0.29) is 23.4 Å². The Morgan fingerprint density at radius 3 is 2.44 bits per heavy atom. The first kappa shape index (κ1) is 35.4. The number of amides is 2. The van der Waals surface area contributed by atoms with Gasteiger partial charge in [0.1, 0.15) is 6.04 Å². The van der Waals surface area contributed by atoms with Crippen LogP contribution in [0.2, 0.25) is 5.02 Å². The maximum absolute atomic E-state index is 14.1. The van der Waals surface area contributed by atoms with Crippen molar-refractivity contribution in [3.8, 4) is 0 Å². The van der Waals surface area contributed by atoms with Gasteiger partial charge >= 0.3 is 0 Å². The molecular formula is C37H56ClN5O2. The van der Waals surface area contributed by atoms with Gasteiger partial charge in [-0.15, -0.1) is 0 Å². The minimum Gasteiger partial charge on any atom is -0.344 e. The second kappa shape index (κ2) is 16.4. The summed E-state index contributed by atoms with van der Waals surface area (Å²) in [5.74, 6) is 0.495. The average molecular weight is 638 g/mol. The molecule has 45 heavy (non-hydrogen) atoms. The van der Waals surface area contributed by atoms with E-state index >= 15 is 0 Å². The Balaban J connectivity index is 1.44. The van der Waals surface area contributed by atoms with Crippen molar-refractivity contribution in [3.63, 3.8) is 0 Å². The highest BCUT2D eigenvalue weighted by atomic mass is 35.5. The molecule has 3 atom stereocenters. The molecule has 0 saturated carbocycles. The van der Waals surface area contributed by atoms with Gasteiger partial charge in [-0.2, -0.15) is 0 Å². The van der Waals surface area contributed by atoms with Crippen molar-refractivity contribution < 1.29 is 9.59 Å². The average Bonchev–Trinajstić information content (AvgIpc) is 3.23. The highest BCUT2D eigenvalue weighted by Gasteiger charge is 2.39. The summed E-state index contributed by atoms with van der Waals surface area (Å²) in [6, 6.07) is 7.43. The van der Waals surface area contributed by atoms with Crippen LogP contribution in [0.15, 0.2) is 59.7 Å². The highest BCUT2D eigenvalue weighted by molar-refractivity contribution is 6.30. The van der Waals surface area contributed by atoms with Gasteiger partial charge in [0.05, 0.1) is 0 Å². The van der Waals surface area contributed by atoms with Crippen LogP contribution in [0, 0.1) is 5.92 Å². The van der Waals surface area contributed by atoms with Crippen molar-refractivity contribution in [1.29, 1.82) is 0 Å². The van der Waals surface area contributed by atoms with Crippen LogP contribution in [0.5, 0.6) is 0 Å². The number of rotatable bonds is 14. The molecule has 0 spiro atoms. The highest BCUT2D eigenvalue weighted by Crippen LogP contribution is 2.33. The van der Waals surface area contributed by atoms with E-state index in [1.807, 2.05) is 35.2 Å². The number of benzene rings is 1. The molecule has 1 fully saturated rings. The quantitative estimate of drug-likeness (QED) is 0.278. The minimum atomic E-state index is -0.627. The van der Waals surface area contributed by atoms with E-state index < -0.39 is 6.04 Å². The molecule has 0 aromatic heterocycles. The zero-order valence-corrected chi connectivity index (χ0v) is 29.2. The van der Waals surface area contributed by atoms with Gasteiger partial charge < -0.3 is 20.4 Å². The molecule has 3 unspecified atom stereocenters. The standard InChI is InChI=1S/C37H56ClN5O2/c1-7-37(25-27(2)3,17-18-41(6)28(4)5)43-21-19-42(20-22-43)36(45)34(23-29-13-15-31(38)16-14-29)40-35(44)24-33-32-12-10-8-9-11-30(32)26-39-33/h8-10,12-16,27-28,33-34,39H,7,11,17-26H2,1-6H3,(H,40,44). The van der Waals surface area contributed by atoms with Crippen molar-refractivity contribution in [2.24, 2.45) is 5.92 Å². The van der Waals surface area contributed by atoms with Gasteiger partial charge in [-0.3, -0.25) is 14.5 Å². The Hall–Kier alpha value is -2.45. The second-order valence-corrected chi connectivity index (χ2v) is 14.4. The zero-order chi connectivity index (χ0) is 32.6. The Bertz CT molecular complexity index is 1230. The van der Waals surface area contributed by atoms with Crippen molar-refractivity contribution in [1.82, 2.24) is 25.3 Å². The molecule has 8 heteroatoms. The fourth-order valence-corrected chi connectivity index (χ4v) is 7.34. The first-order valence-electron chi connectivity index (χ1n) is 17.1. The zero-order valence-electron chi connectivity index (χ0n) is 28.4. The molecular weight excluding hydrogens is 582 g/mol. The Morgan fingerprint density at radius 1 is 1.09 bits per heavy atom. The van der Waals surface area contributed by atoms with E-state index in [0.717, 1.165) is 57.4 Å². The normalized spacial score (nSPS) is 20.9. The van der Waals surface area contributed by atoms with E-state index in [9.17, 15) is 9.59 Å². The van der Waals surface area contributed by atoms with E-state index in [2.05, 4.69) is 80.3 Å². The van der Waals surface area contributed by atoms with E-state index in [1.165, 1.54) is 11.1 Å². The van der Waals surface area contributed by atoms with Crippen LogP contribution in [0.3, 0.4) is 0 Å². The molecule has 1 aliphatic carbocycles. The number of halogens is 1. The van der Waals surface area contributed by atoms with Crippen LogP contribution in [-0.4, -0.2) is 96.5 Å². The van der Waals surface area contributed by atoms with Crippen molar-refractivity contribution in [3.05, 3.63) is 70.3 Å². The maximum atomic E-state index is 14.1. The molecule has 2 N–H and O–H groups in total. The molecule has 1 saturated heterocycles. The predicted octanol–water partition coefficient (Wildman–Crippen LogP) is 5.61. The lowest BCUT2D eigenvalue weighted by Gasteiger charge is -2.49. The summed E-state index contributed by atoms with van der Waals surface area (Å²) in [7, 11) is 2.22. The Kier molecular flexibility index (Phi) is 12.9. The number of nitrogens with one attached hydrogen (secondary N) is 2. The van der Waals surface area contributed by atoms with Gasteiger partial charge in [-0.1, -0.05) is 68.8 Å². The van der Waals surface area contributed by atoms with Gasteiger partial charge in [0, 0.05) is 68.2 Å². The molecule has 7 nitrogen and oxygen atoms in total. The molecule has 0 bridgehead atoms. The lowest BCUT2D eigenvalue weighted by Crippen LogP contribution is -2.61. The van der Waals surface area contributed by atoms with Crippen LogP contribution < -0.4 is 10.6 Å². The van der Waals surface area contributed by atoms with Crippen LogP contribution >= 0.6 is 11.6 Å². The number of piperazine rings is 1. The summed E-state index contributed by atoms with van der Waals surface area (Å²) in [6.45, 7) is 16.4. The summed E-state index contributed by atoms with van der Waals surface area (Å²) in [4.78, 5) is 34.7. The van der Waals surface area contributed by atoms with Gasteiger partial charge in [-0.25, -0.2) is 0 Å². The lowest BCUT2D eigenvalue weighted by atomic mass is 9.81. The number of hydrogen-bond acceptors (Lipinski definition) is 5. The van der Waals surface area contributed by atoms with Crippen molar-refractivity contribution in [2.75, 3.05) is 46.3 Å². The van der Waals surface area contributed by atoms with Crippen molar-refractivity contribution >= 4 is 23.4 Å². The molecule has 0 radical (unpaired) electrons. The predicted molar refractivity (Wildman–Crippen MR) is 186 cm³/mol. The molecule has 2 aliphatic heterocycles. The van der Waals surface area contributed by atoms with E-state index in [4.69, 9.17) is 11.6 Å². The van der Waals surface area contributed by atoms with E-state index in [0.29, 0.717) is 42.9 Å². The largest absolute Gasteiger partial charge is 0.344 e. The molecule has 1 aromatic rings. The first-order chi connectivity index (χ1) is 21.5. The van der Waals surface area contributed by atoms with Crippen LogP contribution in [0.1, 0.15) is 72.3 Å². The second-order valence-electron chi connectivity index (χ2n) is 14.0. The Labute approximate surface area is 277 Å². The molecule has 248 valence electrons. The van der Waals surface area contributed by atoms with Crippen LogP contribution in [0.4, 0.5) is 0 Å². The van der Waals surface area contributed by atoms with Crippen LogP contribution in [-0.2, 0) is 16.0 Å². The van der Waals surface area contributed by atoms with Gasteiger partial charge in [-0.05, 0) is 87.9 Å². The summed E-state index contributed by atoms with van der Waals surface area (Å²) in [5, 5.41) is 7.31. The van der Waals surface area contributed by atoms with E-state index in [1.54, 1.807) is 0 Å². The number of carbonyl (C=O) groups is 2. The topological polar surface area (TPSA) is 67.9 Å².